The number of benzene rings is 1. The van der Waals surface area contributed by atoms with Gasteiger partial charge < -0.3 is 16.2 Å². The second kappa shape index (κ2) is 8.30. The number of rotatable bonds is 6. The zero-order valence-corrected chi connectivity index (χ0v) is 12.8. The maximum absolute atomic E-state index is 11.1. The third kappa shape index (κ3) is 5.46. The van der Waals surface area contributed by atoms with Crippen molar-refractivity contribution < 1.29 is 9.53 Å². The standard InChI is InChI=1S/C16H23N3O2/c1-12(2)19(11-16(18)20)10-13-6-7-15(21-3)14(9-13)5-4-8-17/h6-7,9,12H,8,10-11,17H2,1-3H3,(H2,18,20). The van der Waals surface area contributed by atoms with E-state index in [9.17, 15) is 4.79 Å². The molecule has 5 nitrogen and oxygen atoms in total. The SMILES string of the molecule is COc1ccc(CN(CC(N)=O)C(C)C)cc1C#CCN. The lowest BCUT2D eigenvalue weighted by Crippen LogP contribution is -2.37. The topological polar surface area (TPSA) is 81.6 Å². The van der Waals surface area contributed by atoms with Crippen LogP contribution < -0.4 is 16.2 Å². The molecule has 5 heteroatoms. The molecule has 0 atom stereocenters. The molecule has 0 fully saturated rings. The number of ether oxygens (including phenoxy) is 1. The molecular weight excluding hydrogens is 266 g/mol. The number of methoxy groups -OCH3 is 1. The Morgan fingerprint density at radius 2 is 2.14 bits per heavy atom. The van der Waals surface area contributed by atoms with Crippen molar-refractivity contribution in [2.45, 2.75) is 26.4 Å². The minimum Gasteiger partial charge on any atom is -0.495 e. The van der Waals surface area contributed by atoms with E-state index < -0.39 is 0 Å². The summed E-state index contributed by atoms with van der Waals surface area (Å²) in [5.74, 6) is 6.20. The predicted octanol–water partition coefficient (Wildman–Crippen LogP) is 0.701. The number of hydrogen-bond donors (Lipinski definition) is 2. The number of nitrogens with two attached hydrogens (primary N) is 2. The Kier molecular flexibility index (Phi) is 6.73. The Balaban J connectivity index is 2.99. The predicted molar refractivity (Wildman–Crippen MR) is 83.7 cm³/mol. The fourth-order valence-corrected chi connectivity index (χ4v) is 1.95. The van der Waals surface area contributed by atoms with Gasteiger partial charge in [-0.2, -0.15) is 0 Å². The first-order valence-corrected chi connectivity index (χ1v) is 6.86. The van der Waals surface area contributed by atoms with E-state index in [1.807, 2.05) is 36.9 Å². The van der Waals surface area contributed by atoms with Gasteiger partial charge >= 0.3 is 0 Å². The summed E-state index contributed by atoms with van der Waals surface area (Å²) >= 11 is 0. The van der Waals surface area contributed by atoms with Gasteiger partial charge in [-0.3, -0.25) is 9.69 Å². The van der Waals surface area contributed by atoms with Crippen molar-refractivity contribution in [3.05, 3.63) is 29.3 Å². The molecule has 0 saturated carbocycles. The Morgan fingerprint density at radius 1 is 1.43 bits per heavy atom. The summed E-state index contributed by atoms with van der Waals surface area (Å²) in [4.78, 5) is 13.1. The molecule has 4 N–H and O–H groups in total. The minimum absolute atomic E-state index is 0.221. The van der Waals surface area contributed by atoms with Crippen molar-refractivity contribution >= 4 is 5.91 Å². The van der Waals surface area contributed by atoms with E-state index in [2.05, 4.69) is 11.8 Å². The molecule has 0 unspecified atom stereocenters. The lowest BCUT2D eigenvalue weighted by Gasteiger charge is -2.25. The Hall–Kier alpha value is -2.03. The van der Waals surface area contributed by atoms with Crippen molar-refractivity contribution in [3.8, 4) is 17.6 Å². The van der Waals surface area contributed by atoms with Crippen molar-refractivity contribution in [1.82, 2.24) is 4.90 Å². The molecule has 1 aromatic rings. The number of nitrogens with zero attached hydrogens (tertiary/aromatic N) is 1. The smallest absolute Gasteiger partial charge is 0.231 e. The van der Waals surface area contributed by atoms with Gasteiger partial charge in [0.25, 0.3) is 0 Å². The van der Waals surface area contributed by atoms with E-state index in [4.69, 9.17) is 16.2 Å². The Morgan fingerprint density at radius 3 is 2.67 bits per heavy atom. The van der Waals surface area contributed by atoms with Crippen LogP contribution in [0.1, 0.15) is 25.0 Å². The molecule has 0 saturated heterocycles. The number of hydrogen-bond acceptors (Lipinski definition) is 4. The highest BCUT2D eigenvalue weighted by Crippen LogP contribution is 2.20. The van der Waals surface area contributed by atoms with E-state index in [1.54, 1.807) is 7.11 Å². The molecular formula is C16H23N3O2. The third-order valence-corrected chi connectivity index (χ3v) is 3.06. The lowest BCUT2D eigenvalue weighted by molar-refractivity contribution is -0.119. The molecule has 1 aromatic carbocycles. The molecule has 0 aromatic heterocycles. The number of primary amides is 1. The Bertz CT molecular complexity index is 544. The van der Waals surface area contributed by atoms with Crippen LogP contribution in [-0.4, -0.2) is 37.0 Å². The molecule has 114 valence electrons. The first-order valence-electron chi connectivity index (χ1n) is 6.86. The van der Waals surface area contributed by atoms with Gasteiger partial charge in [0.1, 0.15) is 5.75 Å². The van der Waals surface area contributed by atoms with Crippen molar-refractivity contribution in [2.75, 3.05) is 20.2 Å². The van der Waals surface area contributed by atoms with Gasteiger partial charge in [-0.25, -0.2) is 0 Å². The highest BCUT2D eigenvalue weighted by molar-refractivity contribution is 5.75. The zero-order valence-electron chi connectivity index (χ0n) is 12.8. The largest absolute Gasteiger partial charge is 0.495 e. The molecule has 0 bridgehead atoms. The summed E-state index contributed by atoms with van der Waals surface area (Å²) in [5.41, 5.74) is 12.5. The maximum Gasteiger partial charge on any atom is 0.231 e. The summed E-state index contributed by atoms with van der Waals surface area (Å²) in [5, 5.41) is 0. The van der Waals surface area contributed by atoms with Gasteiger partial charge in [-0.15, -0.1) is 0 Å². The quantitative estimate of drug-likeness (QED) is 0.755. The molecule has 0 aliphatic heterocycles. The van der Waals surface area contributed by atoms with Crippen LogP contribution in [0.2, 0.25) is 0 Å². The van der Waals surface area contributed by atoms with Crippen LogP contribution in [0, 0.1) is 11.8 Å². The molecule has 1 rings (SSSR count). The average molecular weight is 289 g/mol. The Labute approximate surface area is 126 Å². The second-order valence-corrected chi connectivity index (χ2v) is 5.01. The number of carbonyl (C=O) groups excluding carboxylic acids is 1. The summed E-state index contributed by atoms with van der Waals surface area (Å²) in [6, 6.07) is 6.01. The lowest BCUT2D eigenvalue weighted by atomic mass is 10.1. The summed E-state index contributed by atoms with van der Waals surface area (Å²) in [6.07, 6.45) is 0. The molecule has 0 heterocycles. The first-order chi connectivity index (χ1) is 9.97. The third-order valence-electron chi connectivity index (χ3n) is 3.06. The van der Waals surface area contributed by atoms with Crippen LogP contribution in [0.3, 0.4) is 0 Å². The summed E-state index contributed by atoms with van der Waals surface area (Å²) in [7, 11) is 1.61. The number of amides is 1. The summed E-state index contributed by atoms with van der Waals surface area (Å²) < 4.78 is 5.28. The molecule has 21 heavy (non-hydrogen) atoms. The monoisotopic (exact) mass is 289 g/mol. The normalized spacial score (nSPS) is 10.4. The highest BCUT2D eigenvalue weighted by atomic mass is 16.5. The van der Waals surface area contributed by atoms with E-state index in [0.29, 0.717) is 18.8 Å². The van der Waals surface area contributed by atoms with Gasteiger partial charge in [0, 0.05) is 12.6 Å². The molecule has 0 spiro atoms. The molecule has 0 aliphatic carbocycles. The van der Waals surface area contributed by atoms with Gasteiger partial charge in [-0.05, 0) is 31.5 Å². The van der Waals surface area contributed by atoms with Crippen LogP contribution in [0.15, 0.2) is 18.2 Å². The minimum atomic E-state index is -0.333. The van der Waals surface area contributed by atoms with Gasteiger partial charge in [-0.1, -0.05) is 17.9 Å². The maximum atomic E-state index is 11.1. The fourth-order valence-electron chi connectivity index (χ4n) is 1.95. The van der Waals surface area contributed by atoms with E-state index in [1.165, 1.54) is 0 Å². The molecule has 1 amide bonds. The van der Waals surface area contributed by atoms with Gasteiger partial charge in [0.2, 0.25) is 5.91 Å². The first kappa shape index (κ1) is 17.0. The summed E-state index contributed by atoms with van der Waals surface area (Å²) in [6.45, 7) is 5.21. The second-order valence-electron chi connectivity index (χ2n) is 5.01. The van der Waals surface area contributed by atoms with E-state index in [0.717, 1.165) is 11.1 Å². The van der Waals surface area contributed by atoms with Crippen LogP contribution >= 0.6 is 0 Å². The van der Waals surface area contributed by atoms with Crippen LogP contribution in [-0.2, 0) is 11.3 Å². The fraction of sp³-hybridized carbons (Fsp3) is 0.438. The van der Waals surface area contributed by atoms with Crippen molar-refractivity contribution in [1.29, 1.82) is 0 Å². The average Bonchev–Trinajstić information content (AvgIpc) is 2.44. The highest BCUT2D eigenvalue weighted by Gasteiger charge is 2.13. The van der Waals surface area contributed by atoms with Crippen molar-refractivity contribution in [3.63, 3.8) is 0 Å². The van der Waals surface area contributed by atoms with Crippen LogP contribution in [0.25, 0.3) is 0 Å². The van der Waals surface area contributed by atoms with Gasteiger partial charge in [0.15, 0.2) is 0 Å². The zero-order chi connectivity index (χ0) is 15.8. The van der Waals surface area contributed by atoms with Crippen LogP contribution in [0.4, 0.5) is 0 Å². The molecule has 0 radical (unpaired) electrons. The van der Waals surface area contributed by atoms with E-state index in [-0.39, 0.29) is 18.5 Å². The molecule has 0 aliphatic rings. The van der Waals surface area contributed by atoms with Crippen LogP contribution in [0.5, 0.6) is 5.75 Å². The van der Waals surface area contributed by atoms with Crippen molar-refractivity contribution in [2.24, 2.45) is 11.5 Å². The van der Waals surface area contributed by atoms with Gasteiger partial charge in [0.05, 0.1) is 25.8 Å². The van der Waals surface area contributed by atoms with E-state index >= 15 is 0 Å². The number of carbonyl (C=O) groups is 1.